The van der Waals surface area contributed by atoms with Gasteiger partial charge in [-0.2, -0.15) is 0 Å². The normalized spacial score (nSPS) is 30.6. The Morgan fingerprint density at radius 2 is 0.900 bits per heavy atom. The molecule has 80 heavy (non-hydrogen) atoms. The van der Waals surface area contributed by atoms with Crippen LogP contribution < -0.4 is 40.7 Å². The first-order chi connectivity index (χ1) is 37.8. The molecule has 0 amide bonds. The summed E-state index contributed by atoms with van der Waals surface area (Å²) in [6.45, 7) is 9.08. The zero-order valence-corrected chi connectivity index (χ0v) is 50.3. The molecule has 2 aromatic heterocycles. The molecule has 2 aromatic carbocycles. The van der Waals surface area contributed by atoms with Gasteiger partial charge in [0.15, 0.2) is 11.4 Å². The molecule has 4 aliphatic heterocycles. The van der Waals surface area contributed by atoms with Crippen molar-refractivity contribution < 1.29 is 64.1 Å². The van der Waals surface area contributed by atoms with Crippen LogP contribution in [0.3, 0.4) is 0 Å². The number of carbonyl (C=O) groups excluding carboxylic acids is 1. The number of carboxylic acids is 1. The molecule has 0 radical (unpaired) electrons. The van der Waals surface area contributed by atoms with Crippen molar-refractivity contribution in [3.8, 4) is 0 Å². The summed E-state index contributed by atoms with van der Waals surface area (Å²) in [5.41, 5.74) is 1.42. The minimum absolute atomic E-state index is 0. The molecule has 10 atom stereocenters. The van der Waals surface area contributed by atoms with Crippen LogP contribution in [0.25, 0.3) is 22.1 Å². The van der Waals surface area contributed by atoms with Gasteiger partial charge in [-0.3, -0.25) is 19.4 Å². The largest absolute Gasteiger partial charge is 1.00 e. The third-order valence-corrected chi connectivity index (χ3v) is 19.2. The van der Waals surface area contributed by atoms with Gasteiger partial charge in [0.25, 0.3) is 11.1 Å². The maximum absolute atomic E-state index is 14.2. The Bertz CT molecular complexity index is 2960. The van der Waals surface area contributed by atoms with Gasteiger partial charge in [0.2, 0.25) is 11.4 Å². The molecule has 4 aliphatic carbocycles. The smallest absolute Gasteiger partial charge is 0.870 e. The van der Waals surface area contributed by atoms with Crippen molar-refractivity contribution >= 4 is 45.4 Å². The van der Waals surface area contributed by atoms with Crippen molar-refractivity contribution in [2.45, 2.75) is 236 Å². The summed E-state index contributed by atoms with van der Waals surface area (Å²) in [6, 6.07) is 18.7. The average Bonchev–Trinajstić information content (AvgIpc) is 3.67. The summed E-state index contributed by atoms with van der Waals surface area (Å²) >= 11 is 0. The Hall–Kier alpha value is -4.52. The van der Waals surface area contributed by atoms with Crippen LogP contribution in [0.5, 0.6) is 0 Å². The van der Waals surface area contributed by atoms with Gasteiger partial charge in [-0.25, -0.2) is 19.6 Å². The third-order valence-electron chi connectivity index (χ3n) is 19.2. The maximum Gasteiger partial charge on any atom is 1.00 e. The second kappa shape index (κ2) is 26.4. The molecule has 4 saturated carbocycles. The van der Waals surface area contributed by atoms with Crippen LogP contribution in [0.4, 0.5) is 0 Å². The van der Waals surface area contributed by atoms with Crippen LogP contribution in [0.2, 0.25) is 0 Å². The van der Waals surface area contributed by atoms with E-state index in [4.69, 9.17) is 14.4 Å². The zero-order chi connectivity index (χ0) is 54.2. The Balaban J connectivity index is 0.000000189. The number of aromatic nitrogens is 4. The summed E-state index contributed by atoms with van der Waals surface area (Å²) < 4.78 is 9.00. The van der Waals surface area contributed by atoms with Gasteiger partial charge in [-0.15, -0.1) is 0 Å². The molecule has 4 saturated heterocycles. The molecule has 8 bridgehead atoms. The molecule has 8 fully saturated rings. The Labute approximate surface area is 493 Å². The van der Waals surface area contributed by atoms with E-state index >= 15 is 0 Å². The molecule has 17 nitrogen and oxygen atoms in total. The predicted octanol–water partition coefficient (Wildman–Crippen LogP) is 7.58. The van der Waals surface area contributed by atoms with Crippen LogP contribution in [0.15, 0.2) is 68.4 Å². The SMILES string of the molecule is CC(C)ON=C(C(=O)O)c1nc2ccccc2n(C2C[C@H]3CC[C@@H](C2)N3C2CC3CCCCC(C3)C2)c1=O.CCOC(=O)C(=NOC(C)C)c1nc2ccccc2n(C2C[C@H]3CC[C@@H](C2)N3C2CC3CCCCC(C3)C2)c1=O.[Na+].[OH-]. The monoisotopic (exact) mass is 1110 g/mol. The van der Waals surface area contributed by atoms with E-state index < -0.39 is 23.2 Å². The fourth-order valence-corrected chi connectivity index (χ4v) is 16.4. The minimum atomic E-state index is -1.31. The standard InChI is InChI=1S/C32H44N4O4.C30H40N4O4.Na.H2O/c1-4-39-32(38)30(34-40-20(2)3)29-31(37)36(28-12-8-7-11-27(28)33-29)26-18-23-13-14-24(19-26)35(23)25-16-21-9-5-6-10-22(15-21)17-25;1-18(2)38-32-28(30(36)37)27-29(35)34(26-10-6-5-9-25(26)31-27)24-16-21-11-12-22(17-24)33(21)23-14-19-7-3-4-8-20(13-19)15-23;;/h7-8,11-12,20-26H,4-6,9-10,13-19H2,1-3H3;5-6,9-10,18-24H,3-4,7-8,11-17H2,1-2H3,(H,36,37);;1H2/q;;+1;/p-1/t21?,22?,23-,24+,25?,26?;19?,20?,21-,22+,23?,24?;;. The van der Waals surface area contributed by atoms with Crippen molar-refractivity contribution in [1.82, 2.24) is 28.9 Å². The number of rotatable bonds is 13. The van der Waals surface area contributed by atoms with E-state index in [1.54, 1.807) is 20.8 Å². The molecule has 6 unspecified atom stereocenters. The number of carboxylic acid groups (broad SMARTS) is 1. The van der Waals surface area contributed by atoms with Crippen LogP contribution in [-0.2, 0) is 24.0 Å². The van der Waals surface area contributed by atoms with Gasteiger partial charge in [-0.05, 0) is 172 Å². The van der Waals surface area contributed by atoms with Crippen LogP contribution in [0, 0.1) is 23.7 Å². The molecule has 8 aliphatic rings. The second-order valence-corrected chi connectivity index (χ2v) is 25.1. The Morgan fingerprint density at radius 3 is 1.26 bits per heavy atom. The number of esters is 1. The zero-order valence-electron chi connectivity index (χ0n) is 48.3. The van der Waals surface area contributed by atoms with Gasteiger partial charge in [0.1, 0.15) is 12.2 Å². The number of ether oxygens (including phenoxy) is 1. The van der Waals surface area contributed by atoms with Crippen LogP contribution >= 0.6 is 0 Å². The van der Waals surface area contributed by atoms with Gasteiger partial charge in [-0.1, -0.05) is 85.9 Å². The number of hydrogen-bond donors (Lipinski definition) is 1. The number of para-hydroxylation sites is 4. The van der Waals surface area contributed by atoms with Crippen molar-refractivity contribution in [2.24, 2.45) is 34.0 Å². The number of nitrogens with zero attached hydrogens (tertiary/aromatic N) is 8. The van der Waals surface area contributed by atoms with E-state index in [1.807, 2.05) is 71.5 Å². The molecule has 6 heterocycles. The number of aliphatic carboxylic acids is 1. The molecular formula is C62H85N8NaO9. The average molecular weight is 1110 g/mol. The molecule has 4 aromatic rings. The Morgan fingerprint density at radius 1 is 0.537 bits per heavy atom. The quantitative estimate of drug-likeness (QED) is 0.0593. The Kier molecular flexibility index (Phi) is 19.8. The number of hydrogen-bond acceptors (Lipinski definition) is 14. The van der Waals surface area contributed by atoms with Gasteiger partial charge in [0.05, 0.1) is 28.7 Å². The fourth-order valence-electron chi connectivity index (χ4n) is 16.4. The van der Waals surface area contributed by atoms with Crippen molar-refractivity contribution in [3.05, 3.63) is 80.6 Å². The van der Waals surface area contributed by atoms with E-state index in [-0.39, 0.29) is 88.6 Å². The summed E-state index contributed by atoms with van der Waals surface area (Å²) in [7, 11) is 0. The third kappa shape index (κ3) is 12.7. The summed E-state index contributed by atoms with van der Waals surface area (Å²) in [5, 5.41) is 17.8. The number of benzene rings is 2. The molecular weight excluding hydrogens is 1020 g/mol. The number of oxime groups is 2. The topological polar surface area (TPSA) is 213 Å². The molecule has 12 rings (SSSR count). The van der Waals surface area contributed by atoms with Crippen molar-refractivity contribution in [1.29, 1.82) is 0 Å². The van der Waals surface area contributed by atoms with E-state index in [9.17, 15) is 24.3 Å². The van der Waals surface area contributed by atoms with Crippen molar-refractivity contribution in [3.63, 3.8) is 0 Å². The molecule has 18 heteroatoms. The van der Waals surface area contributed by atoms with Gasteiger partial charge >= 0.3 is 41.5 Å². The van der Waals surface area contributed by atoms with E-state index in [0.717, 1.165) is 60.4 Å². The first-order valence-corrected chi connectivity index (χ1v) is 30.3. The second-order valence-electron chi connectivity index (χ2n) is 25.1. The maximum atomic E-state index is 14.2. The first-order valence-electron chi connectivity index (χ1n) is 30.3. The van der Waals surface area contributed by atoms with E-state index in [1.165, 1.54) is 116 Å². The number of carbonyl (C=O) groups is 2. The predicted molar refractivity (Wildman–Crippen MR) is 304 cm³/mol. The van der Waals surface area contributed by atoms with Crippen molar-refractivity contribution in [2.75, 3.05) is 6.61 Å². The summed E-state index contributed by atoms with van der Waals surface area (Å²) in [5.74, 6) is 1.55. The number of piperidine rings is 2. The minimum Gasteiger partial charge on any atom is -0.870 e. The fraction of sp³-hybridized carbons (Fsp3) is 0.677. The van der Waals surface area contributed by atoms with Gasteiger partial charge < -0.3 is 34.1 Å². The molecule has 428 valence electrons. The van der Waals surface area contributed by atoms with Gasteiger partial charge in [0, 0.05) is 48.3 Å². The van der Waals surface area contributed by atoms with Crippen LogP contribution in [-0.4, -0.2) is 118 Å². The van der Waals surface area contributed by atoms with E-state index in [0.29, 0.717) is 47.3 Å². The van der Waals surface area contributed by atoms with Crippen LogP contribution in [0.1, 0.15) is 199 Å². The summed E-state index contributed by atoms with van der Waals surface area (Å²) in [6.07, 6.45) is 27.4. The summed E-state index contributed by atoms with van der Waals surface area (Å²) in [4.78, 5) is 78.8. The first kappa shape index (κ1) is 60.1. The van der Waals surface area contributed by atoms with E-state index in [2.05, 4.69) is 30.1 Å². The molecule has 0 spiro atoms. The number of fused-ring (bicyclic) bond motifs is 10. The molecule has 2 N–H and O–H groups in total.